The number of carboxylic acids is 1. The van der Waals surface area contributed by atoms with E-state index in [1.54, 1.807) is 14.0 Å². The van der Waals surface area contributed by atoms with Crippen molar-refractivity contribution >= 4 is 5.97 Å². The van der Waals surface area contributed by atoms with E-state index < -0.39 is 5.97 Å². The predicted molar refractivity (Wildman–Crippen MR) is 58.1 cm³/mol. The third kappa shape index (κ3) is 3.85. The molecule has 0 aromatic heterocycles. The molecule has 1 aromatic carbocycles. The zero-order valence-electron chi connectivity index (χ0n) is 8.86. The molecule has 0 bridgehead atoms. The Bertz CT molecular complexity index is 363. The van der Waals surface area contributed by atoms with Gasteiger partial charge < -0.3 is 9.84 Å². The molecule has 0 fully saturated rings. The van der Waals surface area contributed by atoms with E-state index in [-0.39, 0.29) is 0 Å². The Hall–Kier alpha value is -1.77. The minimum Gasteiger partial charge on any atom is -0.497 e. The average Bonchev–Trinajstić information content (AvgIpc) is 2.17. The fourth-order valence-corrected chi connectivity index (χ4v) is 1.33. The van der Waals surface area contributed by atoms with Crippen LogP contribution in [0.2, 0.25) is 0 Å². The summed E-state index contributed by atoms with van der Waals surface area (Å²) in [5, 5.41) is 8.55. The van der Waals surface area contributed by atoms with Crippen LogP contribution < -0.4 is 4.74 Å². The molecule has 3 nitrogen and oxygen atoms in total. The van der Waals surface area contributed by atoms with Gasteiger partial charge in [-0.25, -0.2) is 4.79 Å². The summed E-state index contributed by atoms with van der Waals surface area (Å²) >= 11 is 0. The van der Waals surface area contributed by atoms with Gasteiger partial charge in [-0.1, -0.05) is 17.7 Å². The maximum absolute atomic E-state index is 10.4. The number of benzene rings is 1. The highest BCUT2D eigenvalue weighted by molar-refractivity contribution is 5.80. The summed E-state index contributed by atoms with van der Waals surface area (Å²) in [6.07, 6.45) is 1.88. The first-order valence-electron chi connectivity index (χ1n) is 4.65. The van der Waals surface area contributed by atoms with E-state index in [0.29, 0.717) is 6.42 Å². The van der Waals surface area contributed by atoms with Gasteiger partial charge in [-0.2, -0.15) is 0 Å². The summed E-state index contributed by atoms with van der Waals surface area (Å²) < 4.78 is 5.03. The topological polar surface area (TPSA) is 46.5 Å². The average molecular weight is 206 g/mol. The molecular formula is C12H14O3. The van der Waals surface area contributed by atoms with E-state index in [0.717, 1.165) is 16.9 Å². The minimum atomic E-state index is -0.902. The molecule has 0 saturated heterocycles. The summed E-state index contributed by atoms with van der Waals surface area (Å²) in [4.78, 5) is 10.4. The summed E-state index contributed by atoms with van der Waals surface area (Å²) in [6, 6.07) is 7.59. The Kier molecular flexibility index (Phi) is 3.92. The maximum atomic E-state index is 10.4. The number of ether oxygens (including phenoxy) is 1. The third-order valence-corrected chi connectivity index (χ3v) is 2.01. The van der Waals surface area contributed by atoms with Gasteiger partial charge in [0.15, 0.2) is 0 Å². The predicted octanol–water partition coefficient (Wildman–Crippen LogP) is 2.27. The zero-order chi connectivity index (χ0) is 11.3. The quantitative estimate of drug-likeness (QED) is 0.769. The van der Waals surface area contributed by atoms with Crippen molar-refractivity contribution in [3.8, 4) is 5.75 Å². The normalized spacial score (nSPS) is 11.2. The van der Waals surface area contributed by atoms with Crippen LogP contribution in [0.15, 0.2) is 35.9 Å². The van der Waals surface area contributed by atoms with Crippen LogP contribution in [0, 0.1) is 0 Å². The minimum absolute atomic E-state index is 0.649. The molecule has 0 aliphatic heterocycles. The van der Waals surface area contributed by atoms with Crippen LogP contribution in [-0.2, 0) is 11.2 Å². The van der Waals surface area contributed by atoms with Gasteiger partial charge in [-0.3, -0.25) is 0 Å². The molecule has 0 aliphatic rings. The van der Waals surface area contributed by atoms with Gasteiger partial charge in [0.05, 0.1) is 7.11 Å². The van der Waals surface area contributed by atoms with Crippen molar-refractivity contribution in [2.45, 2.75) is 13.3 Å². The Morgan fingerprint density at radius 2 is 2.00 bits per heavy atom. The van der Waals surface area contributed by atoms with Crippen molar-refractivity contribution in [3.05, 3.63) is 41.5 Å². The maximum Gasteiger partial charge on any atom is 0.328 e. The highest BCUT2D eigenvalue weighted by Crippen LogP contribution is 2.14. The van der Waals surface area contributed by atoms with Crippen LogP contribution >= 0.6 is 0 Å². The van der Waals surface area contributed by atoms with Gasteiger partial charge in [-0.05, 0) is 31.0 Å². The number of hydrogen-bond acceptors (Lipinski definition) is 2. The molecule has 0 aliphatic carbocycles. The molecule has 1 N–H and O–H groups in total. The van der Waals surface area contributed by atoms with Gasteiger partial charge in [0, 0.05) is 6.08 Å². The van der Waals surface area contributed by atoms with Crippen molar-refractivity contribution in [2.24, 2.45) is 0 Å². The summed E-state index contributed by atoms with van der Waals surface area (Å²) in [5.41, 5.74) is 1.90. The second-order valence-corrected chi connectivity index (χ2v) is 3.35. The van der Waals surface area contributed by atoms with Gasteiger partial charge in [0.25, 0.3) is 0 Å². The lowest BCUT2D eigenvalue weighted by Gasteiger charge is -2.03. The highest BCUT2D eigenvalue weighted by atomic mass is 16.5. The Morgan fingerprint density at radius 1 is 1.40 bits per heavy atom. The van der Waals surface area contributed by atoms with E-state index in [2.05, 4.69) is 0 Å². The second kappa shape index (κ2) is 5.20. The molecule has 3 heteroatoms. The Morgan fingerprint density at radius 3 is 2.47 bits per heavy atom. The van der Waals surface area contributed by atoms with Gasteiger partial charge >= 0.3 is 5.97 Å². The first-order chi connectivity index (χ1) is 7.11. The molecule has 0 spiro atoms. The van der Waals surface area contributed by atoms with Crippen LogP contribution in [0.25, 0.3) is 0 Å². The van der Waals surface area contributed by atoms with E-state index in [4.69, 9.17) is 9.84 Å². The van der Waals surface area contributed by atoms with Crippen LogP contribution in [0.3, 0.4) is 0 Å². The van der Waals surface area contributed by atoms with Gasteiger partial charge in [-0.15, -0.1) is 0 Å². The lowest BCUT2D eigenvalue weighted by molar-refractivity contribution is -0.131. The molecule has 15 heavy (non-hydrogen) atoms. The molecule has 0 saturated carbocycles. The number of allylic oxidation sites excluding steroid dienone is 1. The molecule has 1 rings (SSSR count). The summed E-state index contributed by atoms with van der Waals surface area (Å²) in [5.74, 6) is -0.0976. The van der Waals surface area contributed by atoms with Crippen LogP contribution in [-0.4, -0.2) is 18.2 Å². The molecule has 0 atom stereocenters. The largest absolute Gasteiger partial charge is 0.497 e. The van der Waals surface area contributed by atoms with Crippen LogP contribution in [0.4, 0.5) is 0 Å². The Balaban J connectivity index is 2.69. The standard InChI is InChI=1S/C12H14O3/c1-9(8-12(13)14)7-10-3-5-11(15-2)6-4-10/h3-6,8H,7H2,1-2H3,(H,13,14)/b9-8+. The van der Waals surface area contributed by atoms with Crippen molar-refractivity contribution < 1.29 is 14.6 Å². The second-order valence-electron chi connectivity index (χ2n) is 3.35. The van der Waals surface area contributed by atoms with E-state index >= 15 is 0 Å². The summed E-state index contributed by atoms with van der Waals surface area (Å²) in [6.45, 7) is 1.80. The van der Waals surface area contributed by atoms with Gasteiger partial charge in [0.2, 0.25) is 0 Å². The first kappa shape index (κ1) is 11.3. The Labute approximate surface area is 89.0 Å². The molecule has 0 amide bonds. The van der Waals surface area contributed by atoms with E-state index in [1.807, 2.05) is 24.3 Å². The lowest BCUT2D eigenvalue weighted by Crippen LogP contribution is -1.93. The number of carbonyl (C=O) groups is 1. The molecular weight excluding hydrogens is 192 g/mol. The molecule has 1 aromatic rings. The summed E-state index contributed by atoms with van der Waals surface area (Å²) in [7, 11) is 1.62. The molecule has 0 heterocycles. The van der Waals surface area contributed by atoms with Crippen molar-refractivity contribution in [2.75, 3.05) is 7.11 Å². The fraction of sp³-hybridized carbons (Fsp3) is 0.250. The molecule has 0 unspecified atom stereocenters. The number of rotatable bonds is 4. The number of methoxy groups -OCH3 is 1. The monoisotopic (exact) mass is 206 g/mol. The fourth-order valence-electron chi connectivity index (χ4n) is 1.33. The van der Waals surface area contributed by atoms with E-state index in [1.165, 1.54) is 6.08 Å². The van der Waals surface area contributed by atoms with Crippen molar-refractivity contribution in [1.29, 1.82) is 0 Å². The smallest absolute Gasteiger partial charge is 0.328 e. The molecule has 80 valence electrons. The molecule has 0 radical (unpaired) electrons. The van der Waals surface area contributed by atoms with Crippen LogP contribution in [0.5, 0.6) is 5.75 Å². The number of carboxylic acid groups (broad SMARTS) is 1. The first-order valence-corrected chi connectivity index (χ1v) is 4.65. The highest BCUT2D eigenvalue weighted by Gasteiger charge is 1.98. The number of hydrogen-bond donors (Lipinski definition) is 1. The lowest BCUT2D eigenvalue weighted by atomic mass is 10.1. The number of aliphatic carboxylic acids is 1. The van der Waals surface area contributed by atoms with Crippen LogP contribution in [0.1, 0.15) is 12.5 Å². The van der Waals surface area contributed by atoms with Crippen molar-refractivity contribution in [3.63, 3.8) is 0 Å². The third-order valence-electron chi connectivity index (χ3n) is 2.01. The van der Waals surface area contributed by atoms with E-state index in [9.17, 15) is 4.79 Å². The van der Waals surface area contributed by atoms with Gasteiger partial charge in [0.1, 0.15) is 5.75 Å². The zero-order valence-corrected chi connectivity index (χ0v) is 8.86. The van der Waals surface area contributed by atoms with Crippen molar-refractivity contribution in [1.82, 2.24) is 0 Å². The SMILES string of the molecule is COc1ccc(C/C(C)=C/C(=O)O)cc1.